The fourth-order valence-electron chi connectivity index (χ4n) is 6.55. The molecule has 4 fully saturated rings. The zero-order chi connectivity index (χ0) is 22.2. The largest absolute Gasteiger partial charge is 0.356 e. The van der Waals surface area contributed by atoms with E-state index in [0.717, 1.165) is 31.6 Å². The summed E-state index contributed by atoms with van der Waals surface area (Å²) in [5.41, 5.74) is 1.58. The molecule has 5 rings (SSSR count). The molecule has 0 aromatic carbocycles. The Morgan fingerprint density at radius 2 is 1.94 bits per heavy atom. The summed E-state index contributed by atoms with van der Waals surface area (Å²) in [6.07, 6.45) is 9.72. The standard InChI is InChI=1S/C25H39N5O2/c1-17-14-21(27-28(17)2)25(32)30-16-19-6-4-12-29-13-5-7-20(24(19)29)22(30)8-3-9-23(31)26-15-18-10-11-18/h14,18-20,22,24H,3-13,15-16H2,1-2H3,(H,26,31)/t19-,20+,22+,24-/m0/s1. The van der Waals surface area contributed by atoms with Gasteiger partial charge in [-0.2, -0.15) is 5.10 Å². The van der Waals surface area contributed by atoms with E-state index in [1.54, 1.807) is 4.68 Å². The normalized spacial score (nSPS) is 30.1. The van der Waals surface area contributed by atoms with Crippen molar-refractivity contribution in [3.05, 3.63) is 17.5 Å². The van der Waals surface area contributed by atoms with Crippen LogP contribution in [0.1, 0.15) is 74.0 Å². The summed E-state index contributed by atoms with van der Waals surface area (Å²) in [5, 5.41) is 7.61. The molecule has 7 nitrogen and oxygen atoms in total. The molecule has 2 amide bonds. The van der Waals surface area contributed by atoms with Crippen molar-refractivity contribution in [3.8, 4) is 0 Å². The fourth-order valence-corrected chi connectivity index (χ4v) is 6.55. The second kappa shape index (κ2) is 9.16. The highest BCUT2D eigenvalue weighted by Gasteiger charge is 2.49. The van der Waals surface area contributed by atoms with Crippen LogP contribution in [-0.4, -0.2) is 69.7 Å². The molecule has 1 aliphatic carbocycles. The molecule has 7 heteroatoms. The molecule has 4 aliphatic rings. The van der Waals surface area contributed by atoms with Crippen molar-refractivity contribution in [1.82, 2.24) is 24.9 Å². The summed E-state index contributed by atoms with van der Waals surface area (Å²) in [6.45, 7) is 6.09. The highest BCUT2D eigenvalue weighted by Crippen LogP contribution is 2.43. The van der Waals surface area contributed by atoms with E-state index in [1.807, 2.05) is 20.0 Å². The van der Waals surface area contributed by atoms with Crippen LogP contribution >= 0.6 is 0 Å². The van der Waals surface area contributed by atoms with Gasteiger partial charge in [-0.05, 0) is 95.2 Å². The zero-order valence-corrected chi connectivity index (χ0v) is 19.8. The number of likely N-dealkylation sites (tertiary alicyclic amines) is 1. The molecule has 4 atom stereocenters. The van der Waals surface area contributed by atoms with Crippen molar-refractivity contribution >= 4 is 11.8 Å². The lowest BCUT2D eigenvalue weighted by molar-refractivity contribution is -0.121. The van der Waals surface area contributed by atoms with Gasteiger partial charge in [-0.15, -0.1) is 0 Å². The van der Waals surface area contributed by atoms with Crippen LogP contribution in [0.2, 0.25) is 0 Å². The number of nitrogens with zero attached hydrogens (tertiary/aromatic N) is 4. The van der Waals surface area contributed by atoms with Crippen LogP contribution in [0.25, 0.3) is 0 Å². The van der Waals surface area contributed by atoms with E-state index < -0.39 is 0 Å². The number of amides is 2. The van der Waals surface area contributed by atoms with Gasteiger partial charge in [0.05, 0.1) is 0 Å². The minimum Gasteiger partial charge on any atom is -0.356 e. The Labute approximate surface area is 191 Å². The lowest BCUT2D eigenvalue weighted by atomic mass is 9.69. The van der Waals surface area contributed by atoms with Crippen LogP contribution in [0, 0.1) is 24.7 Å². The number of rotatable bonds is 7. The van der Waals surface area contributed by atoms with Crippen LogP contribution in [0.5, 0.6) is 0 Å². The first-order chi connectivity index (χ1) is 15.5. The summed E-state index contributed by atoms with van der Waals surface area (Å²) >= 11 is 0. The summed E-state index contributed by atoms with van der Waals surface area (Å²) in [7, 11) is 1.90. The van der Waals surface area contributed by atoms with Gasteiger partial charge >= 0.3 is 0 Å². The number of carbonyl (C=O) groups is 2. The Bertz CT molecular complexity index is 826. The van der Waals surface area contributed by atoms with Gasteiger partial charge in [0.15, 0.2) is 5.69 Å². The smallest absolute Gasteiger partial charge is 0.274 e. The van der Waals surface area contributed by atoms with Crippen molar-refractivity contribution in [2.75, 3.05) is 26.2 Å². The maximum absolute atomic E-state index is 13.6. The van der Waals surface area contributed by atoms with Crippen LogP contribution in [-0.2, 0) is 11.8 Å². The molecule has 32 heavy (non-hydrogen) atoms. The maximum atomic E-state index is 13.6. The fraction of sp³-hybridized carbons (Fsp3) is 0.800. The third-order valence-electron chi connectivity index (χ3n) is 8.45. The van der Waals surface area contributed by atoms with Crippen molar-refractivity contribution in [2.24, 2.45) is 24.8 Å². The van der Waals surface area contributed by atoms with Crippen molar-refractivity contribution in [1.29, 1.82) is 0 Å². The third kappa shape index (κ3) is 4.45. The maximum Gasteiger partial charge on any atom is 0.274 e. The minimum atomic E-state index is 0.0815. The first-order valence-corrected chi connectivity index (χ1v) is 12.8. The first kappa shape index (κ1) is 21.9. The van der Waals surface area contributed by atoms with E-state index in [2.05, 4.69) is 20.2 Å². The molecule has 3 saturated heterocycles. The molecular formula is C25H39N5O2. The van der Waals surface area contributed by atoms with Crippen LogP contribution in [0.3, 0.4) is 0 Å². The van der Waals surface area contributed by atoms with Crippen molar-refractivity contribution in [3.63, 3.8) is 0 Å². The molecule has 3 aliphatic heterocycles. The number of nitrogens with one attached hydrogen (secondary N) is 1. The van der Waals surface area contributed by atoms with Gasteiger partial charge in [-0.1, -0.05) is 0 Å². The topological polar surface area (TPSA) is 70.5 Å². The number of carbonyl (C=O) groups excluding carboxylic acids is 2. The van der Waals surface area contributed by atoms with Gasteiger partial charge in [-0.25, -0.2) is 0 Å². The van der Waals surface area contributed by atoms with E-state index >= 15 is 0 Å². The zero-order valence-electron chi connectivity index (χ0n) is 19.8. The predicted octanol–water partition coefficient (Wildman–Crippen LogP) is 2.74. The summed E-state index contributed by atoms with van der Waals surface area (Å²) < 4.78 is 1.79. The first-order valence-electron chi connectivity index (χ1n) is 12.8. The molecule has 176 valence electrons. The molecule has 1 saturated carbocycles. The number of hydrogen-bond donors (Lipinski definition) is 1. The highest BCUT2D eigenvalue weighted by molar-refractivity contribution is 5.92. The highest BCUT2D eigenvalue weighted by atomic mass is 16.2. The van der Waals surface area contributed by atoms with E-state index in [-0.39, 0.29) is 17.9 Å². The second-order valence-electron chi connectivity index (χ2n) is 10.7. The van der Waals surface area contributed by atoms with Gasteiger partial charge in [0.2, 0.25) is 5.91 Å². The SMILES string of the molecule is Cc1cc(C(=O)N2C[C@@H]3CCCN4CCC[C@@H]([C@H]34)[C@H]2CCCC(=O)NCC2CC2)nn1C. The van der Waals surface area contributed by atoms with Gasteiger partial charge < -0.3 is 10.2 Å². The molecule has 0 spiro atoms. The molecule has 0 unspecified atom stereocenters. The summed E-state index contributed by atoms with van der Waals surface area (Å²) in [6, 6.07) is 2.74. The second-order valence-corrected chi connectivity index (χ2v) is 10.7. The van der Waals surface area contributed by atoms with E-state index in [1.165, 1.54) is 51.6 Å². The number of hydrogen-bond acceptors (Lipinski definition) is 4. The Balaban J connectivity index is 1.31. The summed E-state index contributed by atoms with van der Waals surface area (Å²) in [4.78, 5) is 30.8. The average Bonchev–Trinajstić information content (AvgIpc) is 3.56. The number of aromatic nitrogens is 2. The molecule has 0 radical (unpaired) electrons. The molecule has 1 N–H and O–H groups in total. The minimum absolute atomic E-state index is 0.0815. The van der Waals surface area contributed by atoms with Gasteiger partial charge in [-0.3, -0.25) is 19.2 Å². The quantitative estimate of drug-likeness (QED) is 0.706. The van der Waals surface area contributed by atoms with Gasteiger partial charge in [0, 0.05) is 44.3 Å². The van der Waals surface area contributed by atoms with Gasteiger partial charge in [0.25, 0.3) is 5.91 Å². The van der Waals surface area contributed by atoms with Gasteiger partial charge in [0.1, 0.15) is 0 Å². The Hall–Kier alpha value is -1.89. The van der Waals surface area contributed by atoms with Crippen molar-refractivity contribution < 1.29 is 9.59 Å². The van der Waals surface area contributed by atoms with Crippen LogP contribution < -0.4 is 5.32 Å². The van der Waals surface area contributed by atoms with Crippen LogP contribution in [0.15, 0.2) is 6.07 Å². The summed E-state index contributed by atoms with van der Waals surface area (Å²) in [5.74, 6) is 2.06. The average molecular weight is 442 g/mol. The van der Waals surface area contributed by atoms with Crippen LogP contribution in [0.4, 0.5) is 0 Å². The lowest BCUT2D eigenvalue weighted by Crippen LogP contribution is -2.65. The Morgan fingerprint density at radius 1 is 1.16 bits per heavy atom. The lowest BCUT2D eigenvalue weighted by Gasteiger charge is -2.57. The van der Waals surface area contributed by atoms with E-state index in [0.29, 0.717) is 35.9 Å². The van der Waals surface area contributed by atoms with E-state index in [4.69, 9.17) is 0 Å². The molecular weight excluding hydrogens is 402 g/mol. The third-order valence-corrected chi connectivity index (χ3v) is 8.45. The molecule has 4 heterocycles. The number of piperidine rings is 3. The Kier molecular flexibility index (Phi) is 6.28. The molecule has 1 aromatic rings. The predicted molar refractivity (Wildman–Crippen MR) is 123 cm³/mol. The van der Waals surface area contributed by atoms with Crippen molar-refractivity contribution in [2.45, 2.75) is 76.8 Å². The van der Waals surface area contributed by atoms with E-state index in [9.17, 15) is 9.59 Å². The Morgan fingerprint density at radius 3 is 2.66 bits per heavy atom. The number of aryl methyl sites for hydroxylation is 2. The monoisotopic (exact) mass is 441 g/mol. The molecule has 0 bridgehead atoms. The molecule has 1 aromatic heterocycles.